The zero-order valence-corrected chi connectivity index (χ0v) is 22.3. The van der Waals surface area contributed by atoms with Gasteiger partial charge >= 0.3 is 11.9 Å². The lowest BCUT2D eigenvalue weighted by atomic mass is 9.77. The van der Waals surface area contributed by atoms with E-state index in [1.54, 1.807) is 64.1 Å². The molecule has 0 aliphatic carbocycles. The molecule has 0 aliphatic heterocycles. The van der Waals surface area contributed by atoms with Crippen LogP contribution in [0.3, 0.4) is 0 Å². The summed E-state index contributed by atoms with van der Waals surface area (Å²) in [4.78, 5) is 24.9. The molecule has 0 saturated carbocycles. The molecule has 2 aromatic carbocycles. The minimum absolute atomic E-state index is 0.0610. The van der Waals surface area contributed by atoms with Gasteiger partial charge in [-0.3, -0.25) is 0 Å². The van der Waals surface area contributed by atoms with E-state index in [0.29, 0.717) is 22.6 Å². The van der Waals surface area contributed by atoms with Crippen molar-refractivity contribution in [2.24, 2.45) is 0 Å². The second-order valence-corrected chi connectivity index (χ2v) is 9.60. The molecule has 0 heterocycles. The Balaban J connectivity index is 2.62. The first-order chi connectivity index (χ1) is 17.2. The van der Waals surface area contributed by atoms with Crippen molar-refractivity contribution in [3.63, 3.8) is 0 Å². The van der Waals surface area contributed by atoms with E-state index >= 15 is 0 Å². The van der Waals surface area contributed by atoms with Crippen molar-refractivity contribution < 1.29 is 38.7 Å². The summed E-state index contributed by atoms with van der Waals surface area (Å²) in [6.45, 7) is 17.5. The number of ether oxygens (including phenoxy) is 4. The number of aliphatic hydroxyl groups is 2. The van der Waals surface area contributed by atoms with Crippen molar-refractivity contribution in [3.05, 3.63) is 71.8 Å². The van der Waals surface area contributed by atoms with Crippen LogP contribution in [0.2, 0.25) is 0 Å². The summed E-state index contributed by atoms with van der Waals surface area (Å²) in [7, 11) is 0. The number of carbonyl (C=O) groups is 2. The van der Waals surface area contributed by atoms with E-state index in [1.807, 2.05) is 13.8 Å². The molecule has 200 valence electrons. The fourth-order valence-electron chi connectivity index (χ4n) is 3.34. The lowest BCUT2D eigenvalue weighted by molar-refractivity contribution is -0.130. The SMILES string of the molecule is C=C(C)C(=O)Oc1cc(OCC(C)O)ccc1C(C)(C)c1ccc(OCC(C)O)cc1OC(=O)C(=C)C. The molecule has 0 spiro atoms. The van der Waals surface area contributed by atoms with Crippen LogP contribution in [0.1, 0.15) is 52.7 Å². The number of hydrogen-bond acceptors (Lipinski definition) is 8. The molecule has 2 N–H and O–H groups in total. The zero-order chi connectivity index (χ0) is 27.9. The lowest BCUT2D eigenvalue weighted by Gasteiger charge is -2.30. The Labute approximate surface area is 218 Å². The summed E-state index contributed by atoms with van der Waals surface area (Å²) in [5.41, 5.74) is 0.805. The average molecular weight is 513 g/mol. The van der Waals surface area contributed by atoms with Crippen molar-refractivity contribution in [1.82, 2.24) is 0 Å². The Morgan fingerprint density at radius 3 is 1.43 bits per heavy atom. The molecule has 0 amide bonds. The number of rotatable bonds is 12. The summed E-state index contributed by atoms with van der Waals surface area (Å²) in [5, 5.41) is 19.1. The Kier molecular flexibility index (Phi) is 10.1. The molecule has 2 atom stereocenters. The van der Waals surface area contributed by atoms with Gasteiger partial charge in [-0.25, -0.2) is 9.59 Å². The highest BCUT2D eigenvalue weighted by molar-refractivity contribution is 5.90. The van der Waals surface area contributed by atoms with E-state index in [0.717, 1.165) is 0 Å². The number of hydrogen-bond donors (Lipinski definition) is 2. The molecule has 0 saturated heterocycles. The van der Waals surface area contributed by atoms with Gasteiger partial charge in [0.05, 0.1) is 12.2 Å². The van der Waals surface area contributed by atoms with Crippen LogP contribution in [-0.4, -0.2) is 47.6 Å². The maximum Gasteiger partial charge on any atom is 0.338 e. The van der Waals surface area contributed by atoms with Gasteiger partial charge in [0.2, 0.25) is 0 Å². The Morgan fingerprint density at radius 2 is 1.14 bits per heavy atom. The summed E-state index contributed by atoms with van der Waals surface area (Å²) < 4.78 is 22.5. The van der Waals surface area contributed by atoms with Crippen molar-refractivity contribution in [2.45, 2.75) is 59.2 Å². The highest BCUT2D eigenvalue weighted by Gasteiger charge is 2.32. The molecule has 0 bridgehead atoms. The van der Waals surface area contributed by atoms with Crippen LogP contribution < -0.4 is 18.9 Å². The fourth-order valence-corrected chi connectivity index (χ4v) is 3.34. The summed E-state index contributed by atoms with van der Waals surface area (Å²) in [5.74, 6) is 0.0445. The van der Waals surface area contributed by atoms with E-state index in [1.165, 1.54) is 0 Å². The van der Waals surface area contributed by atoms with Crippen molar-refractivity contribution in [3.8, 4) is 23.0 Å². The van der Waals surface area contributed by atoms with Crippen LogP contribution in [0.5, 0.6) is 23.0 Å². The van der Waals surface area contributed by atoms with Gasteiger partial charge in [0.15, 0.2) is 0 Å². The summed E-state index contributed by atoms with van der Waals surface area (Å²) in [6, 6.07) is 10.1. The van der Waals surface area contributed by atoms with Gasteiger partial charge in [-0.05, 0) is 39.8 Å². The Bertz CT molecular complexity index is 1070. The minimum atomic E-state index is -0.846. The predicted molar refractivity (Wildman–Crippen MR) is 140 cm³/mol. The molecule has 2 aromatic rings. The van der Waals surface area contributed by atoms with Crippen LogP contribution in [0.15, 0.2) is 60.7 Å². The molecule has 8 nitrogen and oxygen atoms in total. The minimum Gasteiger partial charge on any atom is -0.491 e. The largest absolute Gasteiger partial charge is 0.491 e. The average Bonchev–Trinajstić information content (AvgIpc) is 2.81. The second-order valence-electron chi connectivity index (χ2n) is 9.60. The lowest BCUT2D eigenvalue weighted by Crippen LogP contribution is -2.24. The van der Waals surface area contributed by atoms with Crippen LogP contribution in [0.25, 0.3) is 0 Å². The van der Waals surface area contributed by atoms with Crippen LogP contribution in [-0.2, 0) is 15.0 Å². The fraction of sp³-hybridized carbons (Fsp3) is 0.379. The van der Waals surface area contributed by atoms with Gasteiger partial charge in [0.25, 0.3) is 0 Å². The standard InChI is InChI=1S/C29H36O8/c1-17(2)27(32)36-25-13-21(34-15-19(5)30)9-11-23(25)29(7,8)24-12-10-22(35-16-20(6)31)14-26(24)37-28(33)18(3)4/h9-14,19-20,30-31H,1,3,15-16H2,2,4-8H3. The van der Waals surface area contributed by atoms with Gasteiger partial charge in [0.1, 0.15) is 36.2 Å². The Morgan fingerprint density at radius 1 is 0.784 bits per heavy atom. The number of carbonyl (C=O) groups excluding carboxylic acids is 2. The van der Waals surface area contributed by atoms with Crippen molar-refractivity contribution >= 4 is 11.9 Å². The Hall–Kier alpha value is -3.62. The first-order valence-corrected chi connectivity index (χ1v) is 11.9. The quantitative estimate of drug-likeness (QED) is 0.243. The van der Waals surface area contributed by atoms with Gasteiger partial charge in [-0.15, -0.1) is 0 Å². The molecular weight excluding hydrogens is 476 g/mol. The molecule has 2 unspecified atom stereocenters. The maximum absolute atomic E-state index is 12.4. The first-order valence-electron chi connectivity index (χ1n) is 11.9. The third-order valence-electron chi connectivity index (χ3n) is 5.34. The molecular formula is C29H36O8. The number of esters is 2. The van der Waals surface area contributed by atoms with Crippen LogP contribution in [0, 0.1) is 0 Å². The van der Waals surface area contributed by atoms with E-state index in [2.05, 4.69) is 13.2 Å². The maximum atomic E-state index is 12.4. The van der Waals surface area contributed by atoms with E-state index < -0.39 is 29.6 Å². The molecule has 0 aromatic heterocycles. The third-order valence-corrected chi connectivity index (χ3v) is 5.34. The molecule has 0 fully saturated rings. The highest BCUT2D eigenvalue weighted by Crippen LogP contribution is 2.44. The van der Waals surface area contributed by atoms with Gasteiger partial charge in [-0.2, -0.15) is 0 Å². The van der Waals surface area contributed by atoms with Crippen molar-refractivity contribution in [2.75, 3.05) is 13.2 Å². The smallest absolute Gasteiger partial charge is 0.338 e. The van der Waals surface area contributed by atoms with Gasteiger partial charge in [0, 0.05) is 39.8 Å². The molecule has 0 aliphatic rings. The number of benzene rings is 2. The van der Waals surface area contributed by atoms with Gasteiger partial charge in [-0.1, -0.05) is 39.1 Å². The molecule has 2 rings (SSSR count). The molecule has 8 heteroatoms. The highest BCUT2D eigenvalue weighted by atomic mass is 16.5. The summed E-state index contributed by atoms with van der Waals surface area (Å²) in [6.07, 6.45) is -1.37. The van der Waals surface area contributed by atoms with Crippen molar-refractivity contribution in [1.29, 1.82) is 0 Å². The second kappa shape index (κ2) is 12.6. The number of aliphatic hydroxyl groups excluding tert-OH is 2. The van der Waals surface area contributed by atoms with E-state index in [-0.39, 0.29) is 35.9 Å². The van der Waals surface area contributed by atoms with Gasteiger partial charge < -0.3 is 29.2 Å². The predicted octanol–water partition coefficient (Wildman–Crippen LogP) is 4.49. The van der Waals surface area contributed by atoms with E-state index in [9.17, 15) is 19.8 Å². The van der Waals surface area contributed by atoms with E-state index in [4.69, 9.17) is 18.9 Å². The normalized spacial score (nSPS) is 12.8. The molecule has 0 radical (unpaired) electrons. The topological polar surface area (TPSA) is 112 Å². The monoisotopic (exact) mass is 512 g/mol. The first kappa shape index (κ1) is 29.6. The van der Waals surface area contributed by atoms with Crippen LogP contribution >= 0.6 is 0 Å². The van der Waals surface area contributed by atoms with Crippen LogP contribution in [0.4, 0.5) is 0 Å². The summed E-state index contributed by atoms with van der Waals surface area (Å²) >= 11 is 0. The zero-order valence-electron chi connectivity index (χ0n) is 22.3. The molecule has 37 heavy (non-hydrogen) atoms. The third kappa shape index (κ3) is 8.20.